The highest BCUT2D eigenvalue weighted by Gasteiger charge is 2.52. The second-order valence-corrected chi connectivity index (χ2v) is 17.2. The standard InChI is InChI=1S/C63H41N/c1-3-18-42(19-4-1)46-38-47(43-20-5-2-6-21-43)40-49(39-46)64(48-36-34-45(35-37-48)51-30-17-23-44-22-7-8-24-50(44)51)61-41-60-62(55-28-10-9-27-54(55)61)56-29-13-16-33-59(56)63(60)57-31-14-11-25-52(57)53-26-12-15-32-58(53)63/h1-41H. The van der Waals surface area contributed by atoms with Crippen LogP contribution in [0.25, 0.3) is 77.2 Å². The summed E-state index contributed by atoms with van der Waals surface area (Å²) in [7, 11) is 0. The molecule has 0 saturated carbocycles. The molecular formula is C63H41N. The summed E-state index contributed by atoms with van der Waals surface area (Å²) in [4.78, 5) is 2.53. The largest absolute Gasteiger partial charge is 0.310 e. The molecule has 13 rings (SSSR count). The first-order chi connectivity index (χ1) is 31.8. The van der Waals surface area contributed by atoms with E-state index in [1.807, 2.05) is 0 Å². The van der Waals surface area contributed by atoms with E-state index in [1.165, 1.54) is 99.4 Å². The first-order valence-corrected chi connectivity index (χ1v) is 22.3. The molecule has 0 aliphatic heterocycles. The molecule has 0 saturated heterocycles. The van der Waals surface area contributed by atoms with E-state index in [-0.39, 0.29) is 0 Å². The number of anilines is 3. The van der Waals surface area contributed by atoms with Crippen molar-refractivity contribution < 1.29 is 0 Å². The molecule has 0 fully saturated rings. The second kappa shape index (κ2) is 14.4. The number of nitrogens with zero attached hydrogens (tertiary/aromatic N) is 1. The molecule has 1 nitrogen and oxygen atoms in total. The monoisotopic (exact) mass is 811 g/mol. The number of fused-ring (bicyclic) bond motifs is 13. The van der Waals surface area contributed by atoms with Gasteiger partial charge in [-0.15, -0.1) is 0 Å². The molecule has 298 valence electrons. The van der Waals surface area contributed by atoms with E-state index in [1.54, 1.807) is 0 Å². The molecule has 2 aliphatic carbocycles. The summed E-state index contributed by atoms with van der Waals surface area (Å²) in [6, 6.07) is 92.2. The van der Waals surface area contributed by atoms with E-state index in [9.17, 15) is 0 Å². The molecule has 0 bridgehead atoms. The summed E-state index contributed by atoms with van der Waals surface area (Å²) in [5, 5.41) is 4.95. The van der Waals surface area contributed by atoms with Gasteiger partial charge in [-0.05, 0) is 130 Å². The summed E-state index contributed by atoms with van der Waals surface area (Å²) in [6.45, 7) is 0. The minimum Gasteiger partial charge on any atom is -0.310 e. The minimum absolute atomic E-state index is 0.497. The molecule has 64 heavy (non-hydrogen) atoms. The molecule has 0 aromatic heterocycles. The summed E-state index contributed by atoms with van der Waals surface area (Å²) in [6.07, 6.45) is 0. The van der Waals surface area contributed by atoms with E-state index in [4.69, 9.17) is 0 Å². The van der Waals surface area contributed by atoms with E-state index >= 15 is 0 Å². The maximum absolute atomic E-state index is 2.55. The van der Waals surface area contributed by atoms with Crippen LogP contribution in [0.3, 0.4) is 0 Å². The quantitative estimate of drug-likeness (QED) is 0.162. The zero-order valence-electron chi connectivity index (χ0n) is 35.1. The molecule has 0 unspecified atom stereocenters. The number of hydrogen-bond donors (Lipinski definition) is 0. The van der Waals surface area contributed by atoms with Crippen LogP contribution in [0.1, 0.15) is 22.3 Å². The minimum atomic E-state index is -0.497. The van der Waals surface area contributed by atoms with Gasteiger partial charge in [-0.3, -0.25) is 0 Å². The average molecular weight is 812 g/mol. The van der Waals surface area contributed by atoms with Gasteiger partial charge in [0.1, 0.15) is 0 Å². The lowest BCUT2D eigenvalue weighted by molar-refractivity contribution is 0.794. The Labute approximate surface area is 373 Å². The molecule has 1 heteroatoms. The van der Waals surface area contributed by atoms with Crippen LogP contribution in [0, 0.1) is 0 Å². The van der Waals surface area contributed by atoms with Crippen LogP contribution in [0.4, 0.5) is 17.1 Å². The lowest BCUT2D eigenvalue weighted by Gasteiger charge is -2.33. The van der Waals surface area contributed by atoms with Gasteiger partial charge < -0.3 is 4.90 Å². The Morgan fingerprint density at radius 3 is 1.39 bits per heavy atom. The summed E-state index contributed by atoms with van der Waals surface area (Å²) < 4.78 is 0. The van der Waals surface area contributed by atoms with Crippen molar-refractivity contribution in [2.45, 2.75) is 5.41 Å². The van der Waals surface area contributed by atoms with E-state index in [0.29, 0.717) is 0 Å². The maximum atomic E-state index is 2.55. The summed E-state index contributed by atoms with van der Waals surface area (Å²) in [5.74, 6) is 0. The Kier molecular flexibility index (Phi) is 8.20. The van der Waals surface area contributed by atoms with Gasteiger partial charge in [0.2, 0.25) is 0 Å². The van der Waals surface area contributed by atoms with Gasteiger partial charge in [0.05, 0.1) is 11.1 Å². The zero-order valence-corrected chi connectivity index (χ0v) is 35.1. The van der Waals surface area contributed by atoms with Crippen molar-refractivity contribution in [1.29, 1.82) is 0 Å². The molecule has 0 heterocycles. The van der Waals surface area contributed by atoms with Gasteiger partial charge in [-0.25, -0.2) is 0 Å². The first kappa shape index (κ1) is 36.4. The number of hydrogen-bond acceptors (Lipinski definition) is 1. The fourth-order valence-corrected chi connectivity index (χ4v) is 11.1. The van der Waals surface area contributed by atoms with Crippen LogP contribution in [0.5, 0.6) is 0 Å². The first-order valence-electron chi connectivity index (χ1n) is 22.3. The van der Waals surface area contributed by atoms with Gasteiger partial charge >= 0.3 is 0 Å². The number of rotatable bonds is 6. The number of benzene rings is 11. The summed E-state index contributed by atoms with van der Waals surface area (Å²) in [5.41, 5.74) is 20.5. The van der Waals surface area contributed by atoms with Crippen LogP contribution in [0.15, 0.2) is 249 Å². The Morgan fingerprint density at radius 2 is 0.750 bits per heavy atom. The Hall–Kier alpha value is -8.26. The SMILES string of the molecule is c1ccc(-c2cc(-c3ccccc3)cc(N(c3ccc(-c4cccc5ccccc45)cc3)c3cc4c(c5ccccc35)-c3ccccc3C43c4ccccc4-c4ccccc43)c2)cc1. The van der Waals surface area contributed by atoms with Crippen LogP contribution in [-0.2, 0) is 5.41 Å². The third-order valence-corrected chi connectivity index (χ3v) is 13.8. The predicted octanol–water partition coefficient (Wildman–Crippen LogP) is 16.8. The molecule has 0 radical (unpaired) electrons. The second-order valence-electron chi connectivity index (χ2n) is 17.2. The molecule has 11 aromatic rings. The molecule has 2 aliphatic rings. The van der Waals surface area contributed by atoms with Crippen molar-refractivity contribution in [1.82, 2.24) is 0 Å². The van der Waals surface area contributed by atoms with Crippen LogP contribution >= 0.6 is 0 Å². The Morgan fingerprint density at radius 1 is 0.266 bits per heavy atom. The van der Waals surface area contributed by atoms with E-state index in [2.05, 4.69) is 254 Å². The molecule has 11 aromatic carbocycles. The summed E-state index contributed by atoms with van der Waals surface area (Å²) >= 11 is 0. The van der Waals surface area contributed by atoms with Gasteiger partial charge in [0.15, 0.2) is 0 Å². The maximum Gasteiger partial charge on any atom is 0.0726 e. The molecule has 0 N–H and O–H groups in total. The average Bonchev–Trinajstić information content (AvgIpc) is 3.84. The third-order valence-electron chi connectivity index (χ3n) is 13.8. The van der Waals surface area contributed by atoms with Crippen molar-refractivity contribution in [2.24, 2.45) is 0 Å². The fourth-order valence-electron chi connectivity index (χ4n) is 11.1. The van der Waals surface area contributed by atoms with Crippen molar-refractivity contribution in [2.75, 3.05) is 4.90 Å². The Bertz CT molecular complexity index is 3490. The molecule has 0 atom stereocenters. The van der Waals surface area contributed by atoms with Gasteiger partial charge in [0.25, 0.3) is 0 Å². The van der Waals surface area contributed by atoms with Gasteiger partial charge in [-0.2, -0.15) is 0 Å². The van der Waals surface area contributed by atoms with E-state index < -0.39 is 5.41 Å². The Balaban J connectivity index is 1.13. The molecular weight excluding hydrogens is 771 g/mol. The zero-order chi connectivity index (χ0) is 42.2. The van der Waals surface area contributed by atoms with Crippen molar-refractivity contribution in [3.63, 3.8) is 0 Å². The van der Waals surface area contributed by atoms with Crippen molar-refractivity contribution >= 4 is 38.6 Å². The van der Waals surface area contributed by atoms with Gasteiger partial charge in [-0.1, -0.05) is 212 Å². The highest BCUT2D eigenvalue weighted by Crippen LogP contribution is 2.65. The lowest BCUT2D eigenvalue weighted by Crippen LogP contribution is -2.26. The van der Waals surface area contributed by atoms with Crippen molar-refractivity contribution in [3.8, 4) is 55.6 Å². The topological polar surface area (TPSA) is 3.24 Å². The van der Waals surface area contributed by atoms with E-state index in [0.717, 1.165) is 17.1 Å². The predicted molar refractivity (Wildman–Crippen MR) is 269 cm³/mol. The smallest absolute Gasteiger partial charge is 0.0726 e. The highest BCUT2D eigenvalue weighted by molar-refractivity contribution is 6.12. The van der Waals surface area contributed by atoms with Gasteiger partial charge in [0, 0.05) is 16.8 Å². The van der Waals surface area contributed by atoms with Crippen LogP contribution < -0.4 is 4.90 Å². The lowest BCUT2D eigenvalue weighted by atomic mass is 9.70. The molecule has 0 amide bonds. The molecule has 1 spiro atoms. The fraction of sp³-hybridized carbons (Fsp3) is 0.0159. The normalized spacial score (nSPS) is 12.8. The van der Waals surface area contributed by atoms with Crippen molar-refractivity contribution in [3.05, 3.63) is 271 Å². The van der Waals surface area contributed by atoms with Crippen LogP contribution in [-0.4, -0.2) is 0 Å². The third kappa shape index (κ3) is 5.38. The highest BCUT2D eigenvalue weighted by atomic mass is 15.1. The van der Waals surface area contributed by atoms with Crippen LogP contribution in [0.2, 0.25) is 0 Å².